The van der Waals surface area contributed by atoms with E-state index in [0.717, 1.165) is 16.1 Å². The molecule has 2 heterocycles. The average molecular weight is 266 g/mol. The minimum atomic E-state index is 0.287. The van der Waals surface area contributed by atoms with Crippen molar-refractivity contribution in [2.24, 2.45) is 7.05 Å². The van der Waals surface area contributed by atoms with E-state index in [2.05, 4.69) is 27.0 Å². The quantitative estimate of drug-likeness (QED) is 0.839. The Morgan fingerprint density at radius 1 is 1.67 bits per heavy atom. The van der Waals surface area contributed by atoms with Gasteiger partial charge in [-0.25, -0.2) is 4.98 Å². The Morgan fingerprint density at radius 2 is 2.47 bits per heavy atom. The van der Waals surface area contributed by atoms with Gasteiger partial charge in [-0.1, -0.05) is 0 Å². The molecule has 0 amide bonds. The fourth-order valence-corrected chi connectivity index (χ4v) is 1.75. The molecule has 0 bridgehead atoms. The van der Waals surface area contributed by atoms with Crippen molar-refractivity contribution in [1.29, 1.82) is 5.26 Å². The normalized spacial score (nSPS) is 10.2. The van der Waals surface area contributed by atoms with Crippen LogP contribution in [0.2, 0.25) is 0 Å². The van der Waals surface area contributed by atoms with Crippen LogP contribution in [0.4, 0.5) is 0 Å². The molecule has 15 heavy (non-hydrogen) atoms. The Labute approximate surface area is 95.3 Å². The van der Waals surface area contributed by atoms with Crippen LogP contribution in [0.3, 0.4) is 0 Å². The highest BCUT2D eigenvalue weighted by Gasteiger charge is 2.14. The van der Waals surface area contributed by atoms with E-state index >= 15 is 0 Å². The monoisotopic (exact) mass is 265 g/mol. The maximum absolute atomic E-state index is 8.63. The molecule has 0 spiro atoms. The average Bonchev–Trinajstić information content (AvgIpc) is 2.82. The summed E-state index contributed by atoms with van der Waals surface area (Å²) in [5.74, 6) is 1.42. The van der Waals surface area contributed by atoms with E-state index in [1.165, 1.54) is 0 Å². The SMILES string of the molecule is Cn1c(-c2ccco2)nc(CC#N)c1Br. The van der Waals surface area contributed by atoms with Gasteiger partial charge in [0.2, 0.25) is 0 Å². The smallest absolute Gasteiger partial charge is 0.177 e. The Hall–Kier alpha value is -1.54. The van der Waals surface area contributed by atoms with Crippen molar-refractivity contribution in [3.05, 3.63) is 28.7 Å². The second-order valence-electron chi connectivity index (χ2n) is 3.04. The molecule has 0 unspecified atom stereocenters. The van der Waals surface area contributed by atoms with E-state index in [1.807, 2.05) is 23.7 Å². The van der Waals surface area contributed by atoms with Crippen LogP contribution >= 0.6 is 15.9 Å². The summed E-state index contributed by atoms with van der Waals surface area (Å²) in [5.41, 5.74) is 0.728. The first-order valence-electron chi connectivity index (χ1n) is 4.36. The van der Waals surface area contributed by atoms with Gasteiger partial charge in [0.05, 0.1) is 24.4 Å². The van der Waals surface area contributed by atoms with Crippen molar-refractivity contribution in [3.8, 4) is 17.7 Å². The van der Waals surface area contributed by atoms with Crippen molar-refractivity contribution in [1.82, 2.24) is 9.55 Å². The van der Waals surface area contributed by atoms with E-state index in [-0.39, 0.29) is 6.42 Å². The van der Waals surface area contributed by atoms with Crippen LogP contribution in [0.15, 0.2) is 27.4 Å². The summed E-state index contributed by atoms with van der Waals surface area (Å²) < 4.78 is 7.93. The van der Waals surface area contributed by atoms with E-state index < -0.39 is 0 Å². The standard InChI is InChI=1S/C10H8BrN3O/c1-14-9(11)7(4-5-12)13-10(14)8-3-2-6-15-8/h2-3,6H,4H2,1H3. The van der Waals surface area contributed by atoms with Crippen molar-refractivity contribution >= 4 is 15.9 Å². The molecular weight excluding hydrogens is 258 g/mol. The van der Waals surface area contributed by atoms with Gasteiger partial charge in [-0.15, -0.1) is 0 Å². The minimum absolute atomic E-state index is 0.287. The second-order valence-corrected chi connectivity index (χ2v) is 3.80. The van der Waals surface area contributed by atoms with Gasteiger partial charge in [0, 0.05) is 7.05 Å². The predicted octanol–water partition coefficient (Wildman–Crippen LogP) is 2.51. The maximum atomic E-state index is 8.63. The van der Waals surface area contributed by atoms with Gasteiger partial charge in [-0.3, -0.25) is 0 Å². The molecule has 0 saturated carbocycles. The second kappa shape index (κ2) is 3.91. The molecule has 2 aromatic heterocycles. The van der Waals surface area contributed by atoms with Gasteiger partial charge in [0.1, 0.15) is 4.60 Å². The van der Waals surface area contributed by atoms with Crippen molar-refractivity contribution in [2.75, 3.05) is 0 Å². The van der Waals surface area contributed by atoms with Crippen LogP contribution in [0.5, 0.6) is 0 Å². The van der Waals surface area contributed by atoms with Crippen LogP contribution in [-0.4, -0.2) is 9.55 Å². The van der Waals surface area contributed by atoms with Gasteiger partial charge < -0.3 is 8.98 Å². The van der Waals surface area contributed by atoms with Crippen LogP contribution < -0.4 is 0 Å². The van der Waals surface area contributed by atoms with Crippen LogP contribution in [-0.2, 0) is 13.5 Å². The molecular formula is C10H8BrN3O. The number of nitrogens with zero attached hydrogens (tertiary/aromatic N) is 3. The zero-order valence-corrected chi connectivity index (χ0v) is 9.65. The van der Waals surface area contributed by atoms with Crippen LogP contribution in [0.25, 0.3) is 11.6 Å². The highest BCUT2D eigenvalue weighted by molar-refractivity contribution is 9.10. The fraction of sp³-hybridized carbons (Fsp3) is 0.200. The molecule has 5 heteroatoms. The van der Waals surface area contributed by atoms with Crippen molar-refractivity contribution in [3.63, 3.8) is 0 Å². The molecule has 0 aliphatic carbocycles. The Morgan fingerprint density at radius 3 is 3.07 bits per heavy atom. The molecule has 0 aliphatic rings. The summed E-state index contributed by atoms with van der Waals surface area (Å²) in [6.07, 6.45) is 1.89. The van der Waals surface area contributed by atoms with E-state index in [4.69, 9.17) is 9.68 Å². The highest BCUT2D eigenvalue weighted by atomic mass is 79.9. The van der Waals surface area contributed by atoms with E-state index in [9.17, 15) is 0 Å². The number of nitriles is 1. The van der Waals surface area contributed by atoms with E-state index in [0.29, 0.717) is 5.76 Å². The van der Waals surface area contributed by atoms with Gasteiger partial charge in [0.25, 0.3) is 0 Å². The van der Waals surface area contributed by atoms with E-state index in [1.54, 1.807) is 6.26 Å². The first-order chi connectivity index (χ1) is 7.24. The number of aromatic nitrogens is 2. The molecule has 0 atom stereocenters. The molecule has 0 aromatic carbocycles. The third-order valence-electron chi connectivity index (χ3n) is 2.08. The lowest BCUT2D eigenvalue weighted by molar-refractivity contribution is 0.573. The zero-order valence-electron chi connectivity index (χ0n) is 8.07. The lowest BCUT2D eigenvalue weighted by Crippen LogP contribution is -1.91. The van der Waals surface area contributed by atoms with Gasteiger partial charge in [-0.05, 0) is 28.1 Å². The summed E-state index contributed by atoms with van der Waals surface area (Å²) in [6, 6.07) is 5.72. The van der Waals surface area contributed by atoms with Crippen molar-refractivity contribution < 1.29 is 4.42 Å². The molecule has 0 radical (unpaired) electrons. The van der Waals surface area contributed by atoms with Gasteiger partial charge in [0.15, 0.2) is 11.6 Å². The Kier molecular flexibility index (Phi) is 2.60. The number of furan rings is 1. The Balaban J connectivity index is 2.51. The number of hydrogen-bond donors (Lipinski definition) is 0. The predicted molar refractivity (Wildman–Crippen MR) is 57.9 cm³/mol. The fourth-order valence-electron chi connectivity index (χ4n) is 1.35. The number of rotatable bonds is 2. The summed E-state index contributed by atoms with van der Waals surface area (Å²) in [5, 5.41) is 8.63. The first-order valence-corrected chi connectivity index (χ1v) is 5.15. The van der Waals surface area contributed by atoms with Crippen LogP contribution in [0.1, 0.15) is 5.69 Å². The first kappa shape index (κ1) is 9.99. The van der Waals surface area contributed by atoms with Crippen LogP contribution in [0, 0.1) is 11.3 Å². The molecule has 76 valence electrons. The molecule has 0 saturated heterocycles. The zero-order chi connectivity index (χ0) is 10.8. The third-order valence-corrected chi connectivity index (χ3v) is 3.07. The number of imidazole rings is 1. The number of hydrogen-bond acceptors (Lipinski definition) is 3. The maximum Gasteiger partial charge on any atom is 0.177 e. The summed E-state index contributed by atoms with van der Waals surface area (Å²) in [6.45, 7) is 0. The molecule has 2 aromatic rings. The topological polar surface area (TPSA) is 54.8 Å². The number of halogens is 1. The summed E-state index contributed by atoms with van der Waals surface area (Å²) in [7, 11) is 1.87. The molecule has 4 nitrogen and oxygen atoms in total. The van der Waals surface area contributed by atoms with Crippen molar-refractivity contribution in [2.45, 2.75) is 6.42 Å². The minimum Gasteiger partial charge on any atom is -0.461 e. The lowest BCUT2D eigenvalue weighted by Gasteiger charge is -1.97. The Bertz CT molecular complexity index is 508. The molecule has 0 N–H and O–H groups in total. The molecule has 0 fully saturated rings. The molecule has 0 aliphatic heterocycles. The van der Waals surface area contributed by atoms with Gasteiger partial charge in [-0.2, -0.15) is 5.26 Å². The lowest BCUT2D eigenvalue weighted by atomic mass is 10.4. The highest BCUT2D eigenvalue weighted by Crippen LogP contribution is 2.25. The largest absolute Gasteiger partial charge is 0.461 e. The summed E-state index contributed by atoms with van der Waals surface area (Å²) in [4.78, 5) is 4.34. The van der Waals surface area contributed by atoms with Gasteiger partial charge >= 0.3 is 0 Å². The third kappa shape index (κ3) is 1.68. The summed E-state index contributed by atoms with van der Waals surface area (Å²) >= 11 is 3.40. The molecule has 2 rings (SSSR count).